The Morgan fingerprint density at radius 1 is 1.17 bits per heavy atom. The summed E-state index contributed by atoms with van der Waals surface area (Å²) in [5, 5.41) is 20.1. The summed E-state index contributed by atoms with van der Waals surface area (Å²) < 4.78 is 1.56. The van der Waals surface area contributed by atoms with E-state index < -0.39 is 0 Å². The van der Waals surface area contributed by atoms with E-state index in [9.17, 15) is 0 Å². The summed E-state index contributed by atoms with van der Waals surface area (Å²) in [5.74, 6) is 1.73. The SMILES string of the molecule is Cc1nc(C)n(-c2nnc(C)c(C)c2C(=N)N)n1. The molecule has 0 aliphatic heterocycles. The zero-order chi connectivity index (χ0) is 13.4. The number of nitrogen functional groups attached to an aromatic ring is 1. The summed E-state index contributed by atoms with van der Waals surface area (Å²) in [4.78, 5) is 4.21. The normalized spacial score (nSPS) is 10.7. The number of amidine groups is 1. The Bertz CT molecular complexity index is 627. The highest BCUT2D eigenvalue weighted by Crippen LogP contribution is 2.17. The van der Waals surface area contributed by atoms with Gasteiger partial charge in [-0.05, 0) is 33.3 Å². The molecule has 7 nitrogen and oxygen atoms in total. The van der Waals surface area contributed by atoms with Crippen molar-refractivity contribution in [3.8, 4) is 5.82 Å². The molecule has 0 saturated carbocycles. The number of aromatic nitrogens is 5. The Labute approximate surface area is 105 Å². The van der Waals surface area contributed by atoms with Crippen LogP contribution in [0, 0.1) is 33.1 Å². The molecule has 2 rings (SSSR count). The van der Waals surface area contributed by atoms with Gasteiger partial charge in [-0.1, -0.05) is 0 Å². The molecule has 0 amide bonds. The van der Waals surface area contributed by atoms with Gasteiger partial charge >= 0.3 is 0 Å². The van der Waals surface area contributed by atoms with E-state index in [1.807, 2.05) is 20.8 Å². The minimum absolute atomic E-state index is 0.0481. The maximum absolute atomic E-state index is 7.69. The van der Waals surface area contributed by atoms with Crippen LogP contribution in [0.3, 0.4) is 0 Å². The second-order valence-electron chi connectivity index (χ2n) is 4.14. The molecule has 0 aliphatic rings. The Morgan fingerprint density at radius 2 is 1.83 bits per heavy atom. The Kier molecular flexibility index (Phi) is 2.82. The van der Waals surface area contributed by atoms with Gasteiger partial charge in [-0.15, -0.1) is 10.2 Å². The molecular formula is C11H15N7. The molecule has 3 N–H and O–H groups in total. The number of aryl methyl sites for hydroxylation is 3. The highest BCUT2D eigenvalue weighted by atomic mass is 15.4. The van der Waals surface area contributed by atoms with Crippen LogP contribution < -0.4 is 5.73 Å². The third kappa shape index (κ3) is 1.83. The highest BCUT2D eigenvalue weighted by molar-refractivity contribution is 5.99. The van der Waals surface area contributed by atoms with Gasteiger partial charge in [0.2, 0.25) is 0 Å². The number of hydrogen-bond acceptors (Lipinski definition) is 5. The van der Waals surface area contributed by atoms with Crippen molar-refractivity contribution < 1.29 is 0 Å². The zero-order valence-electron chi connectivity index (χ0n) is 10.8. The van der Waals surface area contributed by atoms with Crippen molar-refractivity contribution in [2.75, 3.05) is 0 Å². The minimum Gasteiger partial charge on any atom is -0.384 e. The summed E-state index contributed by atoms with van der Waals surface area (Å²) >= 11 is 0. The van der Waals surface area contributed by atoms with E-state index in [2.05, 4.69) is 20.3 Å². The highest BCUT2D eigenvalue weighted by Gasteiger charge is 2.18. The molecule has 94 valence electrons. The topological polar surface area (TPSA) is 106 Å². The van der Waals surface area contributed by atoms with Crippen LogP contribution >= 0.6 is 0 Å². The fourth-order valence-electron chi connectivity index (χ4n) is 1.79. The quantitative estimate of drug-likeness (QED) is 0.594. The molecule has 0 aromatic carbocycles. The molecule has 0 radical (unpaired) electrons. The van der Waals surface area contributed by atoms with Crippen molar-refractivity contribution in [1.29, 1.82) is 5.41 Å². The molecule has 0 unspecified atom stereocenters. The van der Waals surface area contributed by atoms with Crippen molar-refractivity contribution in [3.05, 3.63) is 28.5 Å². The second-order valence-corrected chi connectivity index (χ2v) is 4.14. The average Bonchev–Trinajstić information content (AvgIpc) is 2.61. The van der Waals surface area contributed by atoms with Crippen LogP contribution in [0.25, 0.3) is 5.82 Å². The number of nitrogens with zero attached hydrogens (tertiary/aromatic N) is 5. The summed E-state index contributed by atoms with van der Waals surface area (Å²) in [6, 6.07) is 0. The smallest absolute Gasteiger partial charge is 0.188 e. The van der Waals surface area contributed by atoms with E-state index in [0.29, 0.717) is 23.0 Å². The monoisotopic (exact) mass is 245 g/mol. The minimum atomic E-state index is -0.0481. The van der Waals surface area contributed by atoms with Gasteiger partial charge in [0.05, 0.1) is 11.3 Å². The van der Waals surface area contributed by atoms with Crippen LogP contribution in [-0.2, 0) is 0 Å². The van der Waals surface area contributed by atoms with Crippen LogP contribution in [0.2, 0.25) is 0 Å². The first-order valence-electron chi connectivity index (χ1n) is 5.50. The van der Waals surface area contributed by atoms with E-state index in [4.69, 9.17) is 11.1 Å². The number of nitrogens with one attached hydrogen (secondary N) is 1. The standard InChI is InChI=1S/C11H15N7/c1-5-6(2)15-16-11(9(5)10(12)13)18-8(4)14-7(3)17-18/h1-4H3,(H3,12,13). The van der Waals surface area contributed by atoms with E-state index >= 15 is 0 Å². The summed E-state index contributed by atoms with van der Waals surface area (Å²) in [7, 11) is 0. The fraction of sp³-hybridized carbons (Fsp3) is 0.364. The molecular weight excluding hydrogens is 230 g/mol. The predicted octanol–water partition coefficient (Wildman–Crippen LogP) is 0.575. The molecule has 0 saturated heterocycles. The first kappa shape index (κ1) is 12.2. The molecule has 0 atom stereocenters. The average molecular weight is 245 g/mol. The third-order valence-electron chi connectivity index (χ3n) is 2.78. The van der Waals surface area contributed by atoms with Gasteiger partial charge in [-0.25, -0.2) is 4.98 Å². The predicted molar refractivity (Wildman–Crippen MR) is 66.9 cm³/mol. The van der Waals surface area contributed by atoms with Crippen LogP contribution in [-0.4, -0.2) is 30.8 Å². The Morgan fingerprint density at radius 3 is 2.33 bits per heavy atom. The van der Waals surface area contributed by atoms with Gasteiger partial charge < -0.3 is 5.73 Å². The van der Waals surface area contributed by atoms with Crippen molar-refractivity contribution in [2.24, 2.45) is 5.73 Å². The Hall–Kier alpha value is -2.31. The third-order valence-corrected chi connectivity index (χ3v) is 2.78. The van der Waals surface area contributed by atoms with Crippen LogP contribution in [0.15, 0.2) is 0 Å². The number of nitrogens with two attached hydrogens (primary N) is 1. The van der Waals surface area contributed by atoms with E-state index in [-0.39, 0.29) is 5.84 Å². The largest absolute Gasteiger partial charge is 0.384 e. The van der Waals surface area contributed by atoms with Crippen molar-refractivity contribution in [2.45, 2.75) is 27.7 Å². The van der Waals surface area contributed by atoms with Crippen molar-refractivity contribution in [3.63, 3.8) is 0 Å². The van der Waals surface area contributed by atoms with Gasteiger partial charge in [-0.2, -0.15) is 9.78 Å². The summed E-state index contributed by atoms with van der Waals surface area (Å²) in [6.07, 6.45) is 0. The van der Waals surface area contributed by atoms with E-state index in [1.54, 1.807) is 11.6 Å². The maximum Gasteiger partial charge on any atom is 0.188 e. The van der Waals surface area contributed by atoms with Gasteiger partial charge in [0.1, 0.15) is 17.5 Å². The number of rotatable bonds is 2. The number of hydrogen-bond donors (Lipinski definition) is 2. The second kappa shape index (κ2) is 4.17. The zero-order valence-corrected chi connectivity index (χ0v) is 10.8. The molecule has 2 aromatic rings. The molecule has 7 heteroatoms. The van der Waals surface area contributed by atoms with E-state index in [1.165, 1.54) is 0 Å². The van der Waals surface area contributed by atoms with Gasteiger partial charge in [0.15, 0.2) is 5.82 Å². The lowest BCUT2D eigenvalue weighted by molar-refractivity contribution is 0.767. The van der Waals surface area contributed by atoms with Gasteiger partial charge in [0.25, 0.3) is 0 Å². The summed E-state index contributed by atoms with van der Waals surface area (Å²) in [6.45, 7) is 7.31. The molecule has 0 fully saturated rings. The van der Waals surface area contributed by atoms with Crippen molar-refractivity contribution >= 4 is 5.84 Å². The Balaban J connectivity index is 2.76. The lowest BCUT2D eigenvalue weighted by Gasteiger charge is -2.11. The fourth-order valence-corrected chi connectivity index (χ4v) is 1.79. The molecule has 0 spiro atoms. The molecule has 0 aliphatic carbocycles. The van der Waals surface area contributed by atoms with Gasteiger partial charge in [0, 0.05) is 0 Å². The maximum atomic E-state index is 7.69. The van der Waals surface area contributed by atoms with Crippen molar-refractivity contribution in [1.82, 2.24) is 25.0 Å². The molecule has 0 bridgehead atoms. The lowest BCUT2D eigenvalue weighted by Crippen LogP contribution is -2.20. The molecule has 2 heterocycles. The molecule has 18 heavy (non-hydrogen) atoms. The lowest BCUT2D eigenvalue weighted by atomic mass is 10.1. The van der Waals surface area contributed by atoms with Gasteiger partial charge in [-0.3, -0.25) is 5.41 Å². The summed E-state index contributed by atoms with van der Waals surface area (Å²) in [5.41, 5.74) is 7.77. The van der Waals surface area contributed by atoms with Crippen LogP contribution in [0.4, 0.5) is 0 Å². The van der Waals surface area contributed by atoms with Crippen LogP contribution in [0.5, 0.6) is 0 Å². The molecule has 2 aromatic heterocycles. The first-order chi connectivity index (χ1) is 8.41. The van der Waals surface area contributed by atoms with E-state index in [0.717, 1.165) is 11.3 Å². The first-order valence-corrected chi connectivity index (χ1v) is 5.50. The van der Waals surface area contributed by atoms with Crippen LogP contribution in [0.1, 0.15) is 28.5 Å².